The van der Waals surface area contributed by atoms with Gasteiger partial charge in [-0.05, 0) is 0 Å². The molecular formula is CH4O3. The predicted octanol–water partition coefficient (Wildman–Crippen LogP) is -1.69. The third kappa shape index (κ3) is 6.26. The Morgan fingerprint density at radius 3 is 1.00 bits per heavy atom. The maximum absolute atomic E-state index is 7.50. The molecule has 4 N–H and O–H groups in total. The van der Waals surface area contributed by atoms with Gasteiger partial charge in [-0.3, -0.25) is 0 Å². The van der Waals surface area contributed by atoms with Crippen LogP contribution in [0.15, 0.2) is 0 Å². The van der Waals surface area contributed by atoms with Crippen molar-refractivity contribution >= 4 is 0 Å². The number of hydrogen-bond donors (Lipinski definition) is 0. The van der Waals surface area contributed by atoms with Gasteiger partial charge in [0.25, 0.3) is 0 Å². The zero-order valence-corrected chi connectivity index (χ0v) is 1.91. The number of hydrogen-bond acceptors (Lipinski definition) is 0. The van der Waals surface area contributed by atoms with Gasteiger partial charge in [0.2, 0.25) is 0 Å². The summed E-state index contributed by atoms with van der Waals surface area (Å²) in [6, 6.07) is 0. The first kappa shape index (κ1) is 59.5. The van der Waals surface area contributed by atoms with Crippen molar-refractivity contribution in [2.24, 2.45) is 0 Å². The summed E-state index contributed by atoms with van der Waals surface area (Å²) in [7, 11) is 0. The molecule has 0 radical (unpaired) electrons. The summed E-state index contributed by atoms with van der Waals surface area (Å²) in [5.41, 5.74) is 0. The van der Waals surface area contributed by atoms with Gasteiger partial charge in [0.15, 0.2) is 0 Å². The molecule has 0 heterocycles. The van der Waals surface area contributed by atoms with Gasteiger partial charge in [-0.1, -0.05) is 0 Å². The molecule has 0 aromatic carbocycles. The van der Waals surface area contributed by atoms with Crippen LogP contribution in [0.5, 0.6) is 0 Å². The van der Waals surface area contributed by atoms with Crippen molar-refractivity contribution in [3.8, 4) is 0 Å². The minimum atomic E-state index is 0. The average Bonchev–Trinajstić information content (AvgIpc) is 1.00. The summed E-state index contributed by atoms with van der Waals surface area (Å²) in [5, 5.41) is 0. The van der Waals surface area contributed by atoms with E-state index >= 15 is 0 Å². The van der Waals surface area contributed by atoms with Crippen molar-refractivity contribution in [3.63, 3.8) is 0 Å². The molecule has 3 heteroatoms. The van der Waals surface area contributed by atoms with Crippen LogP contribution in [0, 0.1) is 6.65 Å². The summed E-state index contributed by atoms with van der Waals surface area (Å²) in [4.78, 5) is 0. The van der Waals surface area contributed by atoms with E-state index in [2.05, 4.69) is 6.65 Å². The van der Waals surface area contributed by atoms with Gasteiger partial charge >= 0.3 is 11.3 Å². The van der Waals surface area contributed by atoms with E-state index in [0.29, 0.717) is 0 Å². The van der Waals surface area contributed by atoms with Crippen LogP contribution in [0.25, 0.3) is 0 Å². The van der Waals surface area contributed by atoms with Gasteiger partial charge in [0, 0.05) is 0 Å². The van der Waals surface area contributed by atoms with E-state index in [1.54, 1.807) is 0 Å². The van der Waals surface area contributed by atoms with Gasteiger partial charge in [0.1, 0.15) is 0 Å². The van der Waals surface area contributed by atoms with E-state index in [9.17, 15) is 0 Å². The first-order valence-electron chi connectivity index (χ1n) is 0.204. The van der Waals surface area contributed by atoms with Crippen LogP contribution < -0.4 is 0 Å². The standard InChI is InChI=1S/CO.2H2O/c1-2;;/h;2*1H2. The molecule has 0 saturated carbocycles. The molecule has 26 valence electrons. The van der Waals surface area contributed by atoms with E-state index in [0.717, 1.165) is 0 Å². The monoisotopic (exact) mass is 64.0 g/mol. The normalized spacial score (nSPS) is 0.500. The van der Waals surface area contributed by atoms with Crippen LogP contribution in [0.2, 0.25) is 0 Å². The molecule has 0 fully saturated rings. The fourth-order valence-electron chi connectivity index (χ4n) is 0. The van der Waals surface area contributed by atoms with Crippen LogP contribution in [0.4, 0.5) is 0 Å². The van der Waals surface area contributed by atoms with E-state index in [4.69, 9.17) is 4.65 Å². The Morgan fingerprint density at radius 2 is 1.00 bits per heavy atom. The fourth-order valence-corrected chi connectivity index (χ4v) is 0. The van der Waals surface area contributed by atoms with Gasteiger partial charge in [-0.25, -0.2) is 0 Å². The molecule has 0 aromatic rings. The topological polar surface area (TPSA) is 82.9 Å². The zero-order valence-electron chi connectivity index (χ0n) is 1.91. The average molecular weight is 64.0 g/mol. The molecule has 0 unspecified atom stereocenters. The summed E-state index contributed by atoms with van der Waals surface area (Å²) in [6.45, 7) is 4.50. The quantitative estimate of drug-likeness (QED) is 0.238. The van der Waals surface area contributed by atoms with Crippen molar-refractivity contribution in [1.82, 2.24) is 0 Å². The molecule has 3 nitrogen and oxygen atoms in total. The Morgan fingerprint density at radius 1 is 1.00 bits per heavy atom. The van der Waals surface area contributed by atoms with Crippen LogP contribution in [0.3, 0.4) is 0 Å². The van der Waals surface area contributed by atoms with E-state index < -0.39 is 0 Å². The van der Waals surface area contributed by atoms with Gasteiger partial charge in [-0.15, -0.1) is 0 Å². The van der Waals surface area contributed by atoms with Crippen molar-refractivity contribution in [2.75, 3.05) is 0 Å². The number of rotatable bonds is 0. The van der Waals surface area contributed by atoms with Gasteiger partial charge in [-0.2, -0.15) is 0 Å². The Kier molecular flexibility index (Phi) is 942. The second-order valence-electron chi connectivity index (χ2n) is 0. The molecular weight excluding hydrogens is 60.0 g/mol. The van der Waals surface area contributed by atoms with Crippen LogP contribution in [-0.2, 0) is 4.65 Å². The second kappa shape index (κ2) is 63.4. The summed E-state index contributed by atoms with van der Waals surface area (Å²) in [5.74, 6) is 0. The Hall–Kier alpha value is -0.340. The molecule has 0 atom stereocenters. The molecule has 0 spiro atoms. The van der Waals surface area contributed by atoms with Crippen molar-refractivity contribution in [1.29, 1.82) is 0 Å². The van der Waals surface area contributed by atoms with Crippen molar-refractivity contribution in [3.05, 3.63) is 6.65 Å². The van der Waals surface area contributed by atoms with Gasteiger partial charge < -0.3 is 11.0 Å². The van der Waals surface area contributed by atoms with Crippen molar-refractivity contribution < 1.29 is 15.6 Å². The molecule has 0 rings (SSSR count). The summed E-state index contributed by atoms with van der Waals surface area (Å²) >= 11 is 0. The molecule has 0 saturated heterocycles. The minimum absolute atomic E-state index is 0. The first-order valence-corrected chi connectivity index (χ1v) is 0.204. The van der Waals surface area contributed by atoms with Crippen molar-refractivity contribution in [2.45, 2.75) is 0 Å². The van der Waals surface area contributed by atoms with Crippen LogP contribution >= 0.6 is 0 Å². The van der Waals surface area contributed by atoms with E-state index in [-0.39, 0.29) is 11.0 Å². The SMILES string of the molecule is O.O.[C-]#[O+]. The van der Waals surface area contributed by atoms with Crippen LogP contribution in [-0.4, -0.2) is 11.0 Å². The van der Waals surface area contributed by atoms with E-state index in [1.807, 2.05) is 0 Å². The Bertz CT molecular complexity index is 8.00. The molecule has 0 aromatic heterocycles. The van der Waals surface area contributed by atoms with E-state index in [1.165, 1.54) is 0 Å². The van der Waals surface area contributed by atoms with Gasteiger partial charge in [0.05, 0.1) is 0 Å². The molecule has 0 aliphatic heterocycles. The Labute approximate surface area is 23.6 Å². The maximum atomic E-state index is 7.50. The fraction of sp³-hybridized carbons (Fsp3) is 0. The predicted molar refractivity (Wildman–Crippen MR) is 11.2 cm³/mol. The first-order chi connectivity index (χ1) is 1.00. The second-order valence-corrected chi connectivity index (χ2v) is 0. The summed E-state index contributed by atoms with van der Waals surface area (Å²) in [6.07, 6.45) is 0. The Balaban J connectivity index is -0.00000000500. The molecule has 0 aliphatic rings. The van der Waals surface area contributed by atoms with Crippen LogP contribution in [0.1, 0.15) is 0 Å². The molecule has 4 heavy (non-hydrogen) atoms. The zero-order chi connectivity index (χ0) is 2.00. The molecule has 0 aliphatic carbocycles. The third-order valence-electron chi connectivity index (χ3n) is 0. The molecule has 0 bridgehead atoms. The third-order valence-corrected chi connectivity index (χ3v) is 0. The summed E-state index contributed by atoms with van der Waals surface area (Å²) < 4.78 is 7.50. The molecule has 0 amide bonds.